The van der Waals surface area contributed by atoms with Crippen molar-refractivity contribution in [3.05, 3.63) is 53.9 Å². The molecule has 1 N–H and O–H groups in total. The molecule has 5 heteroatoms. The Bertz CT molecular complexity index is 873. The van der Waals surface area contributed by atoms with Gasteiger partial charge in [0.1, 0.15) is 5.82 Å². The monoisotopic (exact) mass is 337 g/mol. The molecule has 0 unspecified atom stereocenters. The Morgan fingerprint density at radius 3 is 2.88 bits per heavy atom. The zero-order valence-corrected chi connectivity index (χ0v) is 14.5. The molecule has 5 nitrogen and oxygen atoms in total. The van der Waals surface area contributed by atoms with Gasteiger partial charge in [-0.3, -0.25) is 0 Å². The van der Waals surface area contributed by atoms with Crippen molar-refractivity contribution in [1.82, 2.24) is 14.9 Å². The van der Waals surface area contributed by atoms with Crippen LogP contribution in [0, 0.1) is 0 Å². The number of fused-ring (bicyclic) bond motifs is 2. The summed E-state index contributed by atoms with van der Waals surface area (Å²) in [6.07, 6.45) is 2.34. The van der Waals surface area contributed by atoms with Crippen molar-refractivity contribution in [1.29, 1.82) is 0 Å². The maximum atomic E-state index is 5.44. The predicted octanol–water partition coefficient (Wildman–Crippen LogP) is 3.85. The Morgan fingerprint density at radius 2 is 1.96 bits per heavy atom. The van der Waals surface area contributed by atoms with Crippen LogP contribution in [0.4, 0.5) is 0 Å². The largest absolute Gasteiger partial charge is 0.454 e. The van der Waals surface area contributed by atoms with Gasteiger partial charge in [-0.2, -0.15) is 0 Å². The second kappa shape index (κ2) is 7.15. The Kier molecular flexibility index (Phi) is 4.57. The van der Waals surface area contributed by atoms with E-state index in [0.29, 0.717) is 6.79 Å². The average molecular weight is 337 g/mol. The molecule has 4 rings (SSSR count). The van der Waals surface area contributed by atoms with Gasteiger partial charge >= 0.3 is 0 Å². The van der Waals surface area contributed by atoms with Crippen LogP contribution >= 0.6 is 0 Å². The van der Waals surface area contributed by atoms with Crippen molar-refractivity contribution in [2.45, 2.75) is 39.4 Å². The van der Waals surface area contributed by atoms with Crippen LogP contribution in [0.2, 0.25) is 0 Å². The second-order valence-electron chi connectivity index (χ2n) is 6.31. The van der Waals surface area contributed by atoms with Gasteiger partial charge in [0.2, 0.25) is 6.79 Å². The van der Waals surface area contributed by atoms with Crippen LogP contribution in [-0.4, -0.2) is 16.3 Å². The molecule has 1 aromatic heterocycles. The lowest BCUT2D eigenvalue weighted by Gasteiger charge is -2.10. The van der Waals surface area contributed by atoms with E-state index in [0.717, 1.165) is 48.9 Å². The average Bonchev–Trinajstić information content (AvgIpc) is 3.23. The summed E-state index contributed by atoms with van der Waals surface area (Å²) in [6, 6.07) is 14.4. The minimum Gasteiger partial charge on any atom is -0.454 e. The van der Waals surface area contributed by atoms with Crippen LogP contribution in [-0.2, 0) is 19.6 Å². The van der Waals surface area contributed by atoms with Gasteiger partial charge in [-0.05, 0) is 36.2 Å². The van der Waals surface area contributed by atoms with E-state index in [-0.39, 0.29) is 0 Å². The first-order valence-corrected chi connectivity index (χ1v) is 8.88. The Morgan fingerprint density at radius 1 is 1.08 bits per heavy atom. The Hall–Kier alpha value is -2.53. The highest BCUT2D eigenvalue weighted by Crippen LogP contribution is 2.32. The number of para-hydroxylation sites is 2. The van der Waals surface area contributed by atoms with Gasteiger partial charge in [-0.15, -0.1) is 0 Å². The Balaban J connectivity index is 1.47. The molecule has 0 amide bonds. The molecule has 25 heavy (non-hydrogen) atoms. The molecular formula is C20H23N3O2. The maximum Gasteiger partial charge on any atom is 0.231 e. The van der Waals surface area contributed by atoms with Gasteiger partial charge in [0.15, 0.2) is 11.5 Å². The molecule has 0 bridgehead atoms. The van der Waals surface area contributed by atoms with Gasteiger partial charge in [-0.1, -0.05) is 31.5 Å². The van der Waals surface area contributed by atoms with E-state index in [1.807, 2.05) is 18.2 Å². The SMILES string of the molecule is CCCCn1c(CNCc2ccc3c(c2)OCO3)nc2ccccc21. The van der Waals surface area contributed by atoms with Crippen LogP contribution in [0.15, 0.2) is 42.5 Å². The van der Waals surface area contributed by atoms with Gasteiger partial charge in [0.25, 0.3) is 0 Å². The number of benzene rings is 2. The highest BCUT2D eigenvalue weighted by Gasteiger charge is 2.13. The second-order valence-corrected chi connectivity index (χ2v) is 6.31. The lowest BCUT2D eigenvalue weighted by molar-refractivity contribution is 0.174. The summed E-state index contributed by atoms with van der Waals surface area (Å²) in [5.74, 6) is 2.75. The molecule has 0 saturated heterocycles. The first-order chi connectivity index (χ1) is 12.3. The number of imidazole rings is 1. The number of hydrogen-bond acceptors (Lipinski definition) is 4. The molecule has 0 fully saturated rings. The standard InChI is InChI=1S/C20H23N3O2/c1-2-3-10-23-17-7-5-4-6-16(17)22-20(23)13-21-12-15-8-9-18-19(11-15)25-14-24-18/h4-9,11,21H,2-3,10,12-14H2,1H3. The minimum atomic E-state index is 0.313. The number of unbranched alkanes of at least 4 members (excludes halogenated alkanes) is 1. The summed E-state index contributed by atoms with van der Waals surface area (Å²) in [4.78, 5) is 4.81. The molecule has 0 atom stereocenters. The molecule has 1 aliphatic rings. The quantitative estimate of drug-likeness (QED) is 0.711. The molecule has 0 aliphatic carbocycles. The fourth-order valence-corrected chi connectivity index (χ4v) is 3.20. The van der Waals surface area contributed by atoms with Crippen molar-refractivity contribution < 1.29 is 9.47 Å². The van der Waals surface area contributed by atoms with Crippen LogP contribution in [0.3, 0.4) is 0 Å². The van der Waals surface area contributed by atoms with Crippen LogP contribution in [0.5, 0.6) is 11.5 Å². The van der Waals surface area contributed by atoms with E-state index in [2.05, 4.69) is 41.1 Å². The van der Waals surface area contributed by atoms with Crippen molar-refractivity contribution in [3.63, 3.8) is 0 Å². The number of aryl methyl sites for hydroxylation is 1. The summed E-state index contributed by atoms with van der Waals surface area (Å²) < 4.78 is 13.1. The van der Waals surface area contributed by atoms with E-state index < -0.39 is 0 Å². The molecule has 0 saturated carbocycles. The summed E-state index contributed by atoms with van der Waals surface area (Å²) in [7, 11) is 0. The van der Waals surface area contributed by atoms with E-state index in [1.165, 1.54) is 17.5 Å². The van der Waals surface area contributed by atoms with Crippen LogP contribution in [0.25, 0.3) is 11.0 Å². The minimum absolute atomic E-state index is 0.313. The molecule has 2 heterocycles. The zero-order chi connectivity index (χ0) is 17.1. The molecule has 1 aliphatic heterocycles. The fraction of sp³-hybridized carbons (Fsp3) is 0.350. The van der Waals surface area contributed by atoms with Gasteiger partial charge in [0.05, 0.1) is 17.6 Å². The number of nitrogens with one attached hydrogen (secondary N) is 1. The lowest BCUT2D eigenvalue weighted by atomic mass is 10.2. The molecule has 130 valence electrons. The fourth-order valence-electron chi connectivity index (χ4n) is 3.20. The summed E-state index contributed by atoms with van der Waals surface area (Å²) >= 11 is 0. The van der Waals surface area contributed by atoms with Crippen molar-refractivity contribution in [2.75, 3.05) is 6.79 Å². The number of nitrogens with zero attached hydrogens (tertiary/aromatic N) is 2. The third kappa shape index (κ3) is 3.33. The summed E-state index contributed by atoms with van der Waals surface area (Å²) in [6.45, 7) is 5.06. The highest BCUT2D eigenvalue weighted by molar-refractivity contribution is 5.75. The highest BCUT2D eigenvalue weighted by atomic mass is 16.7. The van der Waals surface area contributed by atoms with Crippen LogP contribution < -0.4 is 14.8 Å². The maximum absolute atomic E-state index is 5.44. The smallest absolute Gasteiger partial charge is 0.231 e. The van der Waals surface area contributed by atoms with Gasteiger partial charge in [-0.25, -0.2) is 4.98 Å². The van der Waals surface area contributed by atoms with E-state index in [1.54, 1.807) is 0 Å². The van der Waals surface area contributed by atoms with Gasteiger partial charge < -0.3 is 19.4 Å². The van der Waals surface area contributed by atoms with Gasteiger partial charge in [0, 0.05) is 13.1 Å². The Labute approximate surface area is 147 Å². The first-order valence-electron chi connectivity index (χ1n) is 8.88. The predicted molar refractivity (Wildman–Crippen MR) is 97.7 cm³/mol. The van der Waals surface area contributed by atoms with Crippen molar-refractivity contribution in [3.8, 4) is 11.5 Å². The molecule has 0 radical (unpaired) electrons. The molecule has 3 aromatic rings. The third-order valence-electron chi connectivity index (χ3n) is 4.52. The molecule has 0 spiro atoms. The third-order valence-corrected chi connectivity index (χ3v) is 4.52. The van der Waals surface area contributed by atoms with E-state index >= 15 is 0 Å². The van der Waals surface area contributed by atoms with Crippen molar-refractivity contribution in [2.24, 2.45) is 0 Å². The van der Waals surface area contributed by atoms with Crippen molar-refractivity contribution >= 4 is 11.0 Å². The number of ether oxygens (including phenoxy) is 2. The topological polar surface area (TPSA) is 48.3 Å². The van der Waals surface area contributed by atoms with E-state index in [9.17, 15) is 0 Å². The lowest BCUT2D eigenvalue weighted by Crippen LogP contribution is -2.17. The number of rotatable bonds is 7. The summed E-state index contributed by atoms with van der Waals surface area (Å²) in [5.41, 5.74) is 3.47. The zero-order valence-electron chi connectivity index (χ0n) is 14.5. The van der Waals surface area contributed by atoms with Crippen LogP contribution in [0.1, 0.15) is 31.2 Å². The van der Waals surface area contributed by atoms with E-state index in [4.69, 9.17) is 14.5 Å². The summed E-state index contributed by atoms with van der Waals surface area (Å²) in [5, 5.41) is 3.51. The molecule has 2 aromatic carbocycles. The number of aromatic nitrogens is 2. The first kappa shape index (κ1) is 16.0. The normalized spacial score (nSPS) is 12.8. The number of hydrogen-bond donors (Lipinski definition) is 1. The molecular weight excluding hydrogens is 314 g/mol.